The molecule has 19 heavy (non-hydrogen) atoms. The number of halogens is 3. The quantitative estimate of drug-likeness (QED) is 0.662. The predicted octanol–water partition coefficient (Wildman–Crippen LogP) is 2.39. The van der Waals surface area contributed by atoms with Gasteiger partial charge in [-0.3, -0.25) is 10.1 Å². The van der Waals surface area contributed by atoms with Crippen molar-refractivity contribution in [2.75, 3.05) is 7.11 Å². The Morgan fingerprint density at radius 1 is 1.21 bits per heavy atom. The van der Waals surface area contributed by atoms with Crippen molar-refractivity contribution in [3.8, 4) is 0 Å². The van der Waals surface area contributed by atoms with Gasteiger partial charge in [0.05, 0.1) is 7.11 Å². The van der Waals surface area contributed by atoms with Crippen LogP contribution in [0, 0.1) is 23.4 Å². The van der Waals surface area contributed by atoms with Gasteiger partial charge in [0.2, 0.25) is 0 Å². The maximum atomic E-state index is 13.4. The lowest BCUT2D eigenvalue weighted by Gasteiger charge is -2.20. The Morgan fingerprint density at radius 2 is 1.79 bits per heavy atom. The molecule has 0 spiro atoms. The summed E-state index contributed by atoms with van der Waals surface area (Å²) in [5.41, 5.74) is -0.0477. The van der Waals surface area contributed by atoms with Crippen molar-refractivity contribution in [3.05, 3.63) is 35.1 Å². The number of benzene rings is 1. The van der Waals surface area contributed by atoms with Gasteiger partial charge in [0.25, 0.3) is 0 Å². The van der Waals surface area contributed by atoms with E-state index in [1.165, 1.54) is 7.11 Å². The number of carbonyl (C=O) groups excluding carboxylic acids is 1. The summed E-state index contributed by atoms with van der Waals surface area (Å²) in [5, 5.41) is 2.77. The summed E-state index contributed by atoms with van der Waals surface area (Å²) in [6, 6.07) is 0.610. The van der Waals surface area contributed by atoms with E-state index in [1.54, 1.807) is 13.8 Å². The molecule has 0 aliphatic rings. The zero-order valence-corrected chi connectivity index (χ0v) is 11.0. The molecular formula is C13H16F3NO2. The molecule has 0 bridgehead atoms. The van der Waals surface area contributed by atoms with Crippen LogP contribution in [-0.2, 0) is 16.1 Å². The minimum Gasteiger partial charge on any atom is -0.468 e. The fourth-order valence-corrected chi connectivity index (χ4v) is 1.64. The fraction of sp³-hybridized carbons (Fsp3) is 0.462. The molecule has 1 rings (SSSR count). The van der Waals surface area contributed by atoms with Gasteiger partial charge in [-0.2, -0.15) is 0 Å². The van der Waals surface area contributed by atoms with Gasteiger partial charge in [-0.15, -0.1) is 0 Å². The highest BCUT2D eigenvalue weighted by Crippen LogP contribution is 2.14. The third kappa shape index (κ3) is 3.96. The van der Waals surface area contributed by atoms with Crippen LogP contribution in [0.4, 0.5) is 13.2 Å². The Balaban J connectivity index is 2.80. The minimum absolute atomic E-state index is 0.0477. The number of hydrogen-bond donors (Lipinski definition) is 1. The van der Waals surface area contributed by atoms with E-state index in [9.17, 15) is 18.0 Å². The van der Waals surface area contributed by atoms with Gasteiger partial charge in [-0.25, -0.2) is 13.2 Å². The molecule has 106 valence electrons. The molecule has 0 fully saturated rings. The summed E-state index contributed by atoms with van der Waals surface area (Å²) in [7, 11) is 1.25. The highest BCUT2D eigenvalue weighted by Gasteiger charge is 2.22. The van der Waals surface area contributed by atoms with Gasteiger partial charge in [-0.1, -0.05) is 13.8 Å². The number of hydrogen-bond acceptors (Lipinski definition) is 3. The van der Waals surface area contributed by atoms with E-state index in [0.29, 0.717) is 6.07 Å². The summed E-state index contributed by atoms with van der Waals surface area (Å²) in [4.78, 5) is 11.5. The second kappa shape index (κ2) is 6.56. The third-order valence-electron chi connectivity index (χ3n) is 2.72. The highest BCUT2D eigenvalue weighted by molar-refractivity contribution is 5.75. The molecule has 0 saturated heterocycles. The van der Waals surface area contributed by atoms with E-state index >= 15 is 0 Å². The van der Waals surface area contributed by atoms with Gasteiger partial charge in [0, 0.05) is 18.2 Å². The molecule has 0 aliphatic carbocycles. The van der Waals surface area contributed by atoms with Gasteiger partial charge in [-0.05, 0) is 12.0 Å². The van der Waals surface area contributed by atoms with Crippen molar-refractivity contribution in [1.82, 2.24) is 5.32 Å². The van der Waals surface area contributed by atoms with E-state index in [2.05, 4.69) is 10.1 Å². The first-order chi connectivity index (χ1) is 8.86. The Hall–Kier alpha value is -1.56. The lowest BCUT2D eigenvalue weighted by atomic mass is 10.0. The summed E-state index contributed by atoms with van der Waals surface area (Å²) < 4.78 is 43.8. The highest BCUT2D eigenvalue weighted by atomic mass is 19.2. The second-order valence-electron chi connectivity index (χ2n) is 4.48. The normalized spacial score (nSPS) is 12.6. The number of methoxy groups -OCH3 is 1. The SMILES string of the molecule is COC(=O)C(NCc1cc(F)c(F)cc1F)C(C)C. The topological polar surface area (TPSA) is 38.3 Å². The molecule has 6 heteroatoms. The van der Waals surface area contributed by atoms with Crippen molar-refractivity contribution in [1.29, 1.82) is 0 Å². The Morgan fingerprint density at radius 3 is 2.32 bits per heavy atom. The summed E-state index contributed by atoms with van der Waals surface area (Å²) >= 11 is 0. The van der Waals surface area contributed by atoms with E-state index in [1.807, 2.05) is 0 Å². The number of ether oxygens (including phenoxy) is 1. The van der Waals surface area contributed by atoms with E-state index < -0.39 is 29.5 Å². The first-order valence-corrected chi connectivity index (χ1v) is 5.81. The molecule has 1 unspecified atom stereocenters. The lowest BCUT2D eigenvalue weighted by Crippen LogP contribution is -2.41. The van der Waals surface area contributed by atoms with Gasteiger partial charge in [0.1, 0.15) is 11.9 Å². The average Bonchev–Trinajstić information content (AvgIpc) is 2.34. The molecule has 0 saturated carbocycles. The molecule has 1 atom stereocenters. The number of nitrogens with one attached hydrogen (secondary N) is 1. The zero-order chi connectivity index (χ0) is 14.6. The van der Waals surface area contributed by atoms with Crippen LogP contribution in [0.2, 0.25) is 0 Å². The first-order valence-electron chi connectivity index (χ1n) is 5.81. The third-order valence-corrected chi connectivity index (χ3v) is 2.72. The summed E-state index contributed by atoms with van der Waals surface area (Å²) in [6.45, 7) is 3.48. The van der Waals surface area contributed by atoms with Crippen LogP contribution in [0.25, 0.3) is 0 Å². The smallest absolute Gasteiger partial charge is 0.323 e. The Kier molecular flexibility index (Phi) is 5.35. The first kappa shape index (κ1) is 15.5. The van der Waals surface area contributed by atoms with E-state index in [4.69, 9.17) is 0 Å². The van der Waals surface area contributed by atoms with E-state index in [0.717, 1.165) is 6.07 Å². The average molecular weight is 275 g/mol. The molecule has 1 aromatic rings. The van der Waals surface area contributed by atoms with Crippen molar-refractivity contribution in [2.24, 2.45) is 5.92 Å². The van der Waals surface area contributed by atoms with Gasteiger partial charge < -0.3 is 4.74 Å². The van der Waals surface area contributed by atoms with Crippen LogP contribution >= 0.6 is 0 Å². The van der Waals surface area contributed by atoms with Crippen LogP contribution in [0.1, 0.15) is 19.4 Å². The molecule has 0 amide bonds. The zero-order valence-electron chi connectivity index (χ0n) is 11.0. The molecule has 0 heterocycles. The molecule has 0 radical (unpaired) electrons. The standard InChI is InChI=1S/C13H16F3NO2/c1-7(2)12(13(18)19-3)17-6-8-4-10(15)11(16)5-9(8)14/h4-5,7,12,17H,6H2,1-3H3. The number of esters is 1. The molecule has 0 aromatic heterocycles. The van der Waals surface area contributed by atoms with Gasteiger partial charge >= 0.3 is 5.97 Å². The maximum Gasteiger partial charge on any atom is 0.323 e. The molecule has 1 N–H and O–H groups in total. The summed E-state index contributed by atoms with van der Waals surface area (Å²) in [5.74, 6) is -3.80. The molecule has 3 nitrogen and oxygen atoms in total. The van der Waals surface area contributed by atoms with Crippen LogP contribution in [0.5, 0.6) is 0 Å². The lowest BCUT2D eigenvalue weighted by molar-refractivity contribution is -0.144. The van der Waals surface area contributed by atoms with Crippen LogP contribution in [0.3, 0.4) is 0 Å². The number of rotatable bonds is 5. The van der Waals surface area contributed by atoms with Crippen molar-refractivity contribution in [2.45, 2.75) is 26.4 Å². The number of carbonyl (C=O) groups is 1. The van der Waals surface area contributed by atoms with Gasteiger partial charge in [0.15, 0.2) is 11.6 Å². The minimum atomic E-state index is -1.24. The second-order valence-corrected chi connectivity index (χ2v) is 4.48. The fourth-order valence-electron chi connectivity index (χ4n) is 1.64. The summed E-state index contributed by atoms with van der Waals surface area (Å²) in [6.07, 6.45) is 0. The molecule has 1 aromatic carbocycles. The van der Waals surface area contributed by atoms with Crippen molar-refractivity contribution in [3.63, 3.8) is 0 Å². The van der Waals surface area contributed by atoms with Crippen molar-refractivity contribution < 1.29 is 22.7 Å². The molecular weight excluding hydrogens is 259 g/mol. The molecule has 0 aliphatic heterocycles. The van der Waals surface area contributed by atoms with Crippen LogP contribution in [0.15, 0.2) is 12.1 Å². The predicted molar refractivity (Wildman–Crippen MR) is 63.8 cm³/mol. The Labute approximate surface area is 109 Å². The van der Waals surface area contributed by atoms with Crippen LogP contribution in [-0.4, -0.2) is 19.1 Å². The Bertz CT molecular complexity index is 463. The van der Waals surface area contributed by atoms with Crippen LogP contribution < -0.4 is 5.32 Å². The largest absolute Gasteiger partial charge is 0.468 e. The maximum absolute atomic E-state index is 13.4. The van der Waals surface area contributed by atoms with Crippen molar-refractivity contribution >= 4 is 5.97 Å². The monoisotopic (exact) mass is 275 g/mol. The van der Waals surface area contributed by atoms with E-state index in [-0.39, 0.29) is 18.0 Å².